The molecule has 17 heavy (non-hydrogen) atoms. The van der Waals surface area contributed by atoms with E-state index in [1.807, 2.05) is 0 Å². The van der Waals surface area contributed by atoms with Crippen molar-refractivity contribution >= 4 is 11.7 Å². The second kappa shape index (κ2) is 5.67. The fourth-order valence-electron chi connectivity index (χ4n) is 2.05. The van der Waals surface area contributed by atoms with Gasteiger partial charge >= 0.3 is 6.03 Å². The molecule has 0 unspecified atom stereocenters. The minimum atomic E-state index is -0.183. The number of carbonyl (C=O) groups is 1. The van der Waals surface area contributed by atoms with E-state index >= 15 is 0 Å². The van der Waals surface area contributed by atoms with Gasteiger partial charge in [0, 0.05) is 18.8 Å². The first-order valence-corrected chi connectivity index (χ1v) is 6.03. The van der Waals surface area contributed by atoms with Crippen molar-refractivity contribution < 1.29 is 4.79 Å². The molecule has 6 heteroatoms. The lowest BCUT2D eigenvalue weighted by Gasteiger charge is -2.23. The van der Waals surface area contributed by atoms with Crippen LogP contribution in [0.4, 0.5) is 10.5 Å². The Balaban J connectivity index is 1.68. The minimum absolute atomic E-state index is 0.183. The average molecular weight is 237 g/mol. The van der Waals surface area contributed by atoms with Crippen molar-refractivity contribution in [3.05, 3.63) is 12.4 Å². The van der Waals surface area contributed by atoms with Crippen molar-refractivity contribution in [3.8, 4) is 0 Å². The molecule has 1 fully saturated rings. The molecule has 0 saturated carbocycles. The number of aromatic amines is 1. The zero-order valence-corrected chi connectivity index (χ0v) is 10.1. The van der Waals surface area contributed by atoms with Gasteiger partial charge in [-0.2, -0.15) is 5.10 Å². The fourth-order valence-corrected chi connectivity index (χ4v) is 2.05. The number of nitrogens with one attached hydrogen (secondary N) is 3. The predicted octanol–water partition coefficient (Wildman–Crippen LogP) is 1.02. The lowest BCUT2D eigenvalue weighted by Crippen LogP contribution is -2.42. The minimum Gasteiger partial charge on any atom is -0.336 e. The van der Waals surface area contributed by atoms with Gasteiger partial charge in [-0.3, -0.25) is 10.00 Å². The van der Waals surface area contributed by atoms with Gasteiger partial charge in [-0.05, 0) is 32.9 Å². The molecule has 0 bridgehead atoms. The van der Waals surface area contributed by atoms with E-state index in [2.05, 4.69) is 32.7 Å². The van der Waals surface area contributed by atoms with Gasteiger partial charge in [0.25, 0.3) is 0 Å². The van der Waals surface area contributed by atoms with Crippen LogP contribution in [0.5, 0.6) is 0 Å². The lowest BCUT2D eigenvalue weighted by molar-refractivity contribution is 0.234. The molecule has 0 aromatic carbocycles. The summed E-state index contributed by atoms with van der Waals surface area (Å²) in [6.45, 7) is 5.10. The van der Waals surface area contributed by atoms with Crippen molar-refractivity contribution in [2.75, 3.05) is 25.0 Å². The highest BCUT2D eigenvalue weighted by Gasteiger charge is 2.18. The van der Waals surface area contributed by atoms with E-state index in [9.17, 15) is 4.79 Å². The van der Waals surface area contributed by atoms with Crippen LogP contribution in [0.15, 0.2) is 12.4 Å². The second-order valence-electron chi connectivity index (χ2n) is 4.41. The highest BCUT2D eigenvalue weighted by atomic mass is 16.2. The van der Waals surface area contributed by atoms with E-state index in [0.717, 1.165) is 13.1 Å². The van der Waals surface area contributed by atoms with E-state index in [1.165, 1.54) is 12.8 Å². The van der Waals surface area contributed by atoms with Crippen LogP contribution in [-0.2, 0) is 0 Å². The van der Waals surface area contributed by atoms with Crippen molar-refractivity contribution in [2.45, 2.75) is 25.8 Å². The molecule has 2 heterocycles. The number of likely N-dealkylation sites (tertiary alicyclic amines) is 1. The standard InChI is InChI=1S/C11H19N5O/c1-9(16-4-2-3-5-16)6-12-11(17)15-10-7-13-14-8-10/h7-9H,2-6H2,1H3,(H,13,14)(H2,12,15,17)/t9-/m1/s1. The zero-order valence-electron chi connectivity index (χ0n) is 10.1. The van der Waals surface area contributed by atoms with Crippen LogP contribution in [0.1, 0.15) is 19.8 Å². The van der Waals surface area contributed by atoms with E-state index in [4.69, 9.17) is 0 Å². The maximum atomic E-state index is 11.5. The van der Waals surface area contributed by atoms with Crippen molar-refractivity contribution in [1.82, 2.24) is 20.4 Å². The highest BCUT2D eigenvalue weighted by Crippen LogP contribution is 2.10. The lowest BCUT2D eigenvalue weighted by atomic mass is 10.3. The van der Waals surface area contributed by atoms with E-state index in [0.29, 0.717) is 18.3 Å². The molecule has 94 valence electrons. The highest BCUT2D eigenvalue weighted by molar-refractivity contribution is 5.88. The number of carbonyl (C=O) groups excluding carboxylic acids is 1. The summed E-state index contributed by atoms with van der Waals surface area (Å²) >= 11 is 0. The van der Waals surface area contributed by atoms with Crippen molar-refractivity contribution in [3.63, 3.8) is 0 Å². The molecule has 2 rings (SSSR count). The Labute approximate surface area is 101 Å². The van der Waals surface area contributed by atoms with Gasteiger partial charge in [0.1, 0.15) is 0 Å². The third-order valence-corrected chi connectivity index (χ3v) is 3.08. The first-order valence-electron chi connectivity index (χ1n) is 6.03. The number of nitrogens with zero attached hydrogens (tertiary/aromatic N) is 2. The summed E-state index contributed by atoms with van der Waals surface area (Å²) in [5.41, 5.74) is 0.677. The molecule has 2 amide bonds. The monoisotopic (exact) mass is 237 g/mol. The summed E-state index contributed by atoms with van der Waals surface area (Å²) in [7, 11) is 0. The average Bonchev–Trinajstić information content (AvgIpc) is 2.97. The Hall–Kier alpha value is -1.56. The quantitative estimate of drug-likeness (QED) is 0.732. The summed E-state index contributed by atoms with van der Waals surface area (Å²) < 4.78 is 0. The number of aromatic nitrogens is 2. The van der Waals surface area contributed by atoms with Gasteiger partial charge in [0.05, 0.1) is 11.9 Å². The van der Waals surface area contributed by atoms with Crippen LogP contribution in [0, 0.1) is 0 Å². The first kappa shape index (κ1) is 11.9. The molecule has 1 aliphatic heterocycles. The number of urea groups is 1. The third kappa shape index (κ3) is 3.45. The molecule has 0 spiro atoms. The van der Waals surface area contributed by atoms with E-state index < -0.39 is 0 Å². The Morgan fingerprint density at radius 2 is 2.35 bits per heavy atom. The Bertz CT molecular complexity index is 345. The van der Waals surface area contributed by atoms with Gasteiger partial charge in [-0.1, -0.05) is 0 Å². The van der Waals surface area contributed by atoms with Crippen molar-refractivity contribution in [1.29, 1.82) is 0 Å². The van der Waals surface area contributed by atoms with Gasteiger partial charge in [-0.15, -0.1) is 0 Å². The number of anilines is 1. The molecule has 1 aliphatic rings. The summed E-state index contributed by atoms with van der Waals surface area (Å²) in [6, 6.07) is 0.213. The van der Waals surface area contributed by atoms with Gasteiger partial charge < -0.3 is 10.6 Å². The van der Waals surface area contributed by atoms with Crippen LogP contribution in [0.25, 0.3) is 0 Å². The first-order chi connectivity index (χ1) is 8.25. The molecule has 1 atom stereocenters. The normalized spacial score (nSPS) is 17.9. The smallest absolute Gasteiger partial charge is 0.319 e. The van der Waals surface area contributed by atoms with Crippen LogP contribution < -0.4 is 10.6 Å². The van der Waals surface area contributed by atoms with Crippen LogP contribution in [0.3, 0.4) is 0 Å². The SMILES string of the molecule is C[C@H](CNC(=O)Nc1cn[nH]c1)N1CCCC1. The number of rotatable bonds is 4. The number of amides is 2. The van der Waals surface area contributed by atoms with Gasteiger partial charge in [-0.25, -0.2) is 4.79 Å². The summed E-state index contributed by atoms with van der Waals surface area (Å²) in [6.07, 6.45) is 5.75. The predicted molar refractivity (Wildman–Crippen MR) is 65.9 cm³/mol. The van der Waals surface area contributed by atoms with Crippen LogP contribution in [-0.4, -0.2) is 46.8 Å². The molecular weight excluding hydrogens is 218 g/mol. The Kier molecular flexibility index (Phi) is 3.98. The molecule has 3 N–H and O–H groups in total. The second-order valence-corrected chi connectivity index (χ2v) is 4.41. The number of hydrogen-bond donors (Lipinski definition) is 3. The third-order valence-electron chi connectivity index (χ3n) is 3.08. The largest absolute Gasteiger partial charge is 0.336 e. The zero-order chi connectivity index (χ0) is 12.1. The van der Waals surface area contributed by atoms with E-state index in [-0.39, 0.29) is 6.03 Å². The fraction of sp³-hybridized carbons (Fsp3) is 0.636. The van der Waals surface area contributed by atoms with Crippen molar-refractivity contribution in [2.24, 2.45) is 0 Å². The number of H-pyrrole nitrogens is 1. The molecule has 1 aromatic heterocycles. The maximum Gasteiger partial charge on any atom is 0.319 e. The summed E-state index contributed by atoms with van der Waals surface area (Å²) in [5.74, 6) is 0. The Morgan fingerprint density at radius 3 is 3.00 bits per heavy atom. The molecular formula is C11H19N5O. The number of hydrogen-bond acceptors (Lipinski definition) is 3. The van der Waals surface area contributed by atoms with Gasteiger partial charge in [0.2, 0.25) is 0 Å². The molecule has 1 aromatic rings. The van der Waals surface area contributed by atoms with Gasteiger partial charge in [0.15, 0.2) is 0 Å². The van der Waals surface area contributed by atoms with E-state index in [1.54, 1.807) is 12.4 Å². The molecule has 6 nitrogen and oxygen atoms in total. The Morgan fingerprint density at radius 1 is 1.59 bits per heavy atom. The van der Waals surface area contributed by atoms with Crippen LogP contribution >= 0.6 is 0 Å². The maximum absolute atomic E-state index is 11.5. The summed E-state index contributed by atoms with van der Waals surface area (Å²) in [5, 5.41) is 12.0. The molecule has 0 aliphatic carbocycles. The topological polar surface area (TPSA) is 73.0 Å². The summed E-state index contributed by atoms with van der Waals surface area (Å²) in [4.78, 5) is 13.9. The van der Waals surface area contributed by atoms with Crippen LogP contribution in [0.2, 0.25) is 0 Å². The molecule has 1 saturated heterocycles. The molecule has 0 radical (unpaired) electrons.